The van der Waals surface area contributed by atoms with E-state index >= 15 is 0 Å². The van der Waals surface area contributed by atoms with Crippen LogP contribution in [0.5, 0.6) is 0 Å². The van der Waals surface area contributed by atoms with E-state index in [1.165, 1.54) is 16.7 Å². The average molecular weight is 641 g/mol. The molecule has 2 nitrogen and oxygen atoms in total. The Morgan fingerprint density at radius 1 is 0.280 bits per heavy atom. The number of hydrogen-bond donors (Lipinski definition) is 1. The van der Waals surface area contributed by atoms with Gasteiger partial charge in [0.2, 0.25) is 0 Å². The van der Waals surface area contributed by atoms with Gasteiger partial charge in [0.25, 0.3) is 0 Å². The molecule has 0 aliphatic rings. The highest BCUT2D eigenvalue weighted by atomic mass is 15.1. The number of benzene rings is 8. The van der Waals surface area contributed by atoms with Crippen LogP contribution in [0.1, 0.15) is 0 Å². The zero-order chi connectivity index (χ0) is 33.7. The van der Waals surface area contributed by atoms with Crippen LogP contribution in [0.4, 0.5) is 22.7 Å². The topological polar surface area (TPSA) is 29.3 Å². The minimum atomic E-state index is 0.736. The van der Waals surface area contributed by atoms with Gasteiger partial charge in [-0.05, 0) is 74.8 Å². The fourth-order valence-electron chi connectivity index (χ4n) is 6.82. The van der Waals surface area contributed by atoms with Crippen LogP contribution in [0.25, 0.3) is 55.6 Å². The molecule has 0 unspecified atom stereocenters. The van der Waals surface area contributed by atoms with Gasteiger partial charge in [-0.3, -0.25) is 0 Å². The van der Waals surface area contributed by atoms with Gasteiger partial charge in [0.1, 0.15) is 0 Å². The quantitative estimate of drug-likeness (QED) is 0.167. The second-order valence-corrected chi connectivity index (χ2v) is 12.4. The molecule has 8 rings (SSSR count). The van der Waals surface area contributed by atoms with Gasteiger partial charge >= 0.3 is 0 Å². The van der Waals surface area contributed by atoms with Crippen molar-refractivity contribution in [1.29, 1.82) is 0 Å². The molecule has 0 aliphatic carbocycles. The third kappa shape index (κ3) is 6.07. The summed E-state index contributed by atoms with van der Waals surface area (Å²) in [7, 11) is 0. The van der Waals surface area contributed by atoms with Crippen LogP contribution in [0, 0.1) is 0 Å². The molecule has 2 N–H and O–H groups in total. The number of hydrogen-bond acceptors (Lipinski definition) is 2. The van der Waals surface area contributed by atoms with Gasteiger partial charge in [-0.2, -0.15) is 0 Å². The molecule has 0 saturated carbocycles. The smallest absolute Gasteiger partial charge is 0.0561 e. The number of nitrogens with two attached hydrogens (primary N) is 1. The Morgan fingerprint density at radius 3 is 1.24 bits per heavy atom. The lowest BCUT2D eigenvalue weighted by atomic mass is 9.89. The van der Waals surface area contributed by atoms with Crippen LogP contribution < -0.4 is 10.6 Å². The Hall–Kier alpha value is -6.64. The van der Waals surface area contributed by atoms with Crippen molar-refractivity contribution in [2.24, 2.45) is 0 Å². The normalized spacial score (nSPS) is 10.9. The van der Waals surface area contributed by atoms with E-state index in [1.54, 1.807) is 0 Å². The van der Waals surface area contributed by atoms with Crippen molar-refractivity contribution in [3.63, 3.8) is 0 Å². The molecule has 50 heavy (non-hydrogen) atoms. The SMILES string of the molecule is Nc1c(-c2ccccc2-c2ccccc2)ccc(N(c2ccccc2)c2ccc(-c3ccccc3)cc2)c1-c1ccc(-c2ccccc2)cc1. The van der Waals surface area contributed by atoms with Crippen molar-refractivity contribution in [2.45, 2.75) is 0 Å². The third-order valence-electron chi connectivity index (χ3n) is 9.29. The van der Waals surface area contributed by atoms with Gasteiger partial charge in [0, 0.05) is 28.2 Å². The summed E-state index contributed by atoms with van der Waals surface area (Å²) in [5, 5.41) is 0. The third-order valence-corrected chi connectivity index (χ3v) is 9.29. The maximum Gasteiger partial charge on any atom is 0.0561 e. The van der Waals surface area contributed by atoms with E-state index in [0.717, 1.165) is 61.7 Å². The minimum absolute atomic E-state index is 0.736. The number of anilines is 4. The lowest BCUT2D eigenvalue weighted by molar-refractivity contribution is 1.28. The molecular formula is C48H36N2. The van der Waals surface area contributed by atoms with Crippen LogP contribution in [0.3, 0.4) is 0 Å². The van der Waals surface area contributed by atoms with E-state index in [9.17, 15) is 0 Å². The minimum Gasteiger partial charge on any atom is -0.398 e. The molecule has 0 heterocycles. The van der Waals surface area contributed by atoms with Crippen molar-refractivity contribution in [1.82, 2.24) is 0 Å². The van der Waals surface area contributed by atoms with Crippen molar-refractivity contribution >= 4 is 22.7 Å². The van der Waals surface area contributed by atoms with Crippen LogP contribution in [0.2, 0.25) is 0 Å². The molecule has 8 aromatic rings. The molecule has 0 atom stereocenters. The molecule has 0 bridgehead atoms. The summed E-state index contributed by atoms with van der Waals surface area (Å²) in [5.74, 6) is 0. The zero-order valence-corrected chi connectivity index (χ0v) is 27.7. The fourth-order valence-corrected chi connectivity index (χ4v) is 6.82. The van der Waals surface area contributed by atoms with Gasteiger partial charge in [-0.25, -0.2) is 0 Å². The van der Waals surface area contributed by atoms with Crippen LogP contribution in [-0.2, 0) is 0 Å². The Bertz CT molecular complexity index is 2330. The Labute approximate surface area is 294 Å². The van der Waals surface area contributed by atoms with Gasteiger partial charge in [-0.15, -0.1) is 0 Å². The van der Waals surface area contributed by atoms with Crippen molar-refractivity contribution in [3.8, 4) is 55.6 Å². The monoisotopic (exact) mass is 640 g/mol. The summed E-state index contributed by atoms with van der Waals surface area (Å²) in [6.07, 6.45) is 0. The first-order valence-electron chi connectivity index (χ1n) is 17.0. The van der Waals surface area contributed by atoms with Crippen molar-refractivity contribution in [2.75, 3.05) is 10.6 Å². The van der Waals surface area contributed by atoms with Crippen molar-refractivity contribution in [3.05, 3.63) is 206 Å². The first kappa shape index (κ1) is 30.7. The number of para-hydroxylation sites is 1. The summed E-state index contributed by atoms with van der Waals surface area (Å²) in [6.45, 7) is 0. The van der Waals surface area contributed by atoms with E-state index in [2.05, 4.69) is 205 Å². The molecule has 238 valence electrons. The molecule has 0 aromatic heterocycles. The first-order valence-corrected chi connectivity index (χ1v) is 17.0. The molecule has 0 saturated heterocycles. The van der Waals surface area contributed by atoms with E-state index < -0.39 is 0 Å². The largest absolute Gasteiger partial charge is 0.398 e. The second kappa shape index (κ2) is 13.8. The predicted molar refractivity (Wildman–Crippen MR) is 213 cm³/mol. The average Bonchev–Trinajstić information content (AvgIpc) is 3.20. The lowest BCUT2D eigenvalue weighted by Crippen LogP contribution is -2.12. The van der Waals surface area contributed by atoms with Gasteiger partial charge < -0.3 is 10.6 Å². The Morgan fingerprint density at radius 2 is 0.680 bits per heavy atom. The van der Waals surface area contributed by atoms with E-state index in [1.807, 2.05) is 6.07 Å². The molecule has 0 radical (unpaired) electrons. The highest BCUT2D eigenvalue weighted by molar-refractivity contribution is 6.02. The second-order valence-electron chi connectivity index (χ2n) is 12.4. The van der Waals surface area contributed by atoms with Gasteiger partial charge in [-0.1, -0.05) is 176 Å². The maximum absolute atomic E-state index is 7.41. The van der Waals surface area contributed by atoms with Gasteiger partial charge in [0.15, 0.2) is 0 Å². The van der Waals surface area contributed by atoms with Crippen LogP contribution in [0.15, 0.2) is 206 Å². The zero-order valence-electron chi connectivity index (χ0n) is 27.7. The summed E-state index contributed by atoms with van der Waals surface area (Å²) in [4.78, 5) is 2.32. The molecular weight excluding hydrogens is 605 g/mol. The molecule has 0 fully saturated rings. The number of nitrogens with zero attached hydrogens (tertiary/aromatic N) is 1. The van der Waals surface area contributed by atoms with Crippen LogP contribution >= 0.6 is 0 Å². The summed E-state index contributed by atoms with van der Waals surface area (Å²) >= 11 is 0. The highest BCUT2D eigenvalue weighted by Crippen LogP contribution is 2.48. The highest BCUT2D eigenvalue weighted by Gasteiger charge is 2.22. The number of rotatable bonds is 8. The van der Waals surface area contributed by atoms with E-state index in [0.29, 0.717) is 0 Å². The first-order chi connectivity index (χ1) is 24.7. The van der Waals surface area contributed by atoms with Crippen molar-refractivity contribution < 1.29 is 0 Å². The summed E-state index contributed by atoms with van der Waals surface area (Å²) < 4.78 is 0. The van der Waals surface area contributed by atoms with E-state index in [4.69, 9.17) is 5.73 Å². The van der Waals surface area contributed by atoms with Crippen LogP contribution in [-0.4, -0.2) is 0 Å². The molecule has 0 aliphatic heterocycles. The summed E-state index contributed by atoms with van der Waals surface area (Å²) in [5.41, 5.74) is 22.4. The standard InChI is InChI=1S/C48H36N2/c49-48-45(44-24-14-13-23-43(44)39-19-9-3-10-20-39)33-34-46(47(48)40-27-25-37(26-28-40)35-15-5-1-6-16-35)50(41-21-11-4-12-22-41)42-31-29-38(30-32-42)36-17-7-2-8-18-36/h1-34H,49H2. The molecule has 2 heteroatoms. The number of nitrogen functional groups attached to an aromatic ring is 1. The predicted octanol–water partition coefficient (Wildman–Crippen LogP) is 13.1. The maximum atomic E-state index is 7.41. The Balaban J connectivity index is 1.34. The lowest BCUT2D eigenvalue weighted by Gasteiger charge is -2.30. The molecule has 0 spiro atoms. The Kier molecular flexibility index (Phi) is 8.49. The summed E-state index contributed by atoms with van der Waals surface area (Å²) in [6, 6.07) is 72.6. The molecule has 0 amide bonds. The fraction of sp³-hybridized carbons (Fsp3) is 0. The van der Waals surface area contributed by atoms with Gasteiger partial charge in [0.05, 0.1) is 5.69 Å². The molecule has 8 aromatic carbocycles. The van der Waals surface area contributed by atoms with E-state index in [-0.39, 0.29) is 0 Å².